The fourth-order valence-electron chi connectivity index (χ4n) is 2.48. The van der Waals surface area contributed by atoms with Gasteiger partial charge < -0.3 is 14.6 Å². The van der Waals surface area contributed by atoms with Crippen LogP contribution in [0.1, 0.15) is 23.4 Å². The van der Waals surface area contributed by atoms with Crippen LogP contribution in [0.25, 0.3) is 0 Å². The number of para-hydroxylation sites is 1. The minimum Gasteiger partial charge on any atom is -0.437 e. The molecular formula is C19H19N3O3. The van der Waals surface area contributed by atoms with E-state index >= 15 is 0 Å². The number of hydrogen-bond donors (Lipinski definition) is 1. The van der Waals surface area contributed by atoms with Crippen molar-refractivity contribution < 1.29 is 14.1 Å². The second-order valence-electron chi connectivity index (χ2n) is 5.62. The third-order valence-electron chi connectivity index (χ3n) is 3.79. The van der Waals surface area contributed by atoms with Gasteiger partial charge in [-0.05, 0) is 44.5 Å². The summed E-state index contributed by atoms with van der Waals surface area (Å²) in [4.78, 5) is 16.5. The standard InChI is InChI=1S/C19H19N3O3/c1-13-16(14(2)25-22-13)10-11-18(23)21-17-9-6-12-20-19(17)24-15-7-4-3-5-8-15/h3-9,12H,10-11H2,1-2H3,(H,21,23). The second-order valence-corrected chi connectivity index (χ2v) is 5.62. The Morgan fingerprint density at radius 2 is 1.96 bits per heavy atom. The maximum Gasteiger partial charge on any atom is 0.243 e. The van der Waals surface area contributed by atoms with E-state index in [0.717, 1.165) is 17.0 Å². The average Bonchev–Trinajstić information content (AvgIpc) is 2.94. The minimum atomic E-state index is -0.120. The maximum atomic E-state index is 12.3. The lowest BCUT2D eigenvalue weighted by Crippen LogP contribution is -2.13. The molecule has 0 aliphatic heterocycles. The highest BCUT2D eigenvalue weighted by molar-refractivity contribution is 5.92. The number of nitrogens with zero attached hydrogens (tertiary/aromatic N) is 2. The first kappa shape index (κ1) is 16.7. The number of carbonyl (C=O) groups is 1. The summed E-state index contributed by atoms with van der Waals surface area (Å²) in [6.07, 6.45) is 2.52. The summed E-state index contributed by atoms with van der Waals surface area (Å²) >= 11 is 0. The van der Waals surface area contributed by atoms with Crippen LogP contribution >= 0.6 is 0 Å². The lowest BCUT2D eigenvalue weighted by atomic mass is 10.1. The van der Waals surface area contributed by atoms with Crippen molar-refractivity contribution in [3.8, 4) is 11.6 Å². The van der Waals surface area contributed by atoms with Crippen LogP contribution in [0.2, 0.25) is 0 Å². The van der Waals surface area contributed by atoms with Gasteiger partial charge in [0.1, 0.15) is 17.2 Å². The Labute approximate surface area is 145 Å². The van der Waals surface area contributed by atoms with Crippen molar-refractivity contribution in [1.82, 2.24) is 10.1 Å². The monoisotopic (exact) mass is 337 g/mol. The van der Waals surface area contributed by atoms with Crippen LogP contribution in [0.4, 0.5) is 5.69 Å². The molecule has 6 nitrogen and oxygen atoms in total. The summed E-state index contributed by atoms with van der Waals surface area (Å²) < 4.78 is 10.9. The van der Waals surface area contributed by atoms with E-state index in [-0.39, 0.29) is 5.91 Å². The average molecular weight is 337 g/mol. The molecule has 128 valence electrons. The van der Waals surface area contributed by atoms with E-state index in [0.29, 0.717) is 30.2 Å². The number of nitrogens with one attached hydrogen (secondary N) is 1. The molecule has 0 fully saturated rings. The molecule has 2 heterocycles. The molecule has 1 N–H and O–H groups in total. The third-order valence-corrected chi connectivity index (χ3v) is 3.79. The fraction of sp³-hybridized carbons (Fsp3) is 0.211. The van der Waals surface area contributed by atoms with Crippen molar-refractivity contribution in [2.24, 2.45) is 0 Å². The summed E-state index contributed by atoms with van der Waals surface area (Å²) in [5.74, 6) is 1.65. The molecule has 3 aromatic rings. The van der Waals surface area contributed by atoms with Crippen molar-refractivity contribution in [1.29, 1.82) is 0 Å². The predicted molar refractivity (Wildman–Crippen MR) is 93.7 cm³/mol. The van der Waals surface area contributed by atoms with E-state index in [1.54, 1.807) is 18.3 Å². The molecule has 3 rings (SSSR count). The van der Waals surface area contributed by atoms with Gasteiger partial charge in [-0.1, -0.05) is 23.4 Å². The van der Waals surface area contributed by atoms with Crippen LogP contribution in [0.3, 0.4) is 0 Å². The van der Waals surface area contributed by atoms with Crippen molar-refractivity contribution in [3.05, 3.63) is 65.7 Å². The fourth-order valence-corrected chi connectivity index (χ4v) is 2.48. The van der Waals surface area contributed by atoms with Gasteiger partial charge in [-0.15, -0.1) is 0 Å². The van der Waals surface area contributed by atoms with Crippen molar-refractivity contribution in [2.45, 2.75) is 26.7 Å². The molecule has 0 aliphatic rings. The SMILES string of the molecule is Cc1noc(C)c1CCC(=O)Nc1cccnc1Oc1ccccc1. The topological polar surface area (TPSA) is 77.3 Å². The molecule has 0 aliphatic carbocycles. The number of anilines is 1. The molecule has 0 saturated carbocycles. The van der Waals surface area contributed by atoms with Crippen molar-refractivity contribution >= 4 is 11.6 Å². The Kier molecular flexibility index (Phi) is 5.09. The molecule has 2 aromatic heterocycles. The van der Waals surface area contributed by atoms with E-state index < -0.39 is 0 Å². The molecule has 0 spiro atoms. The van der Waals surface area contributed by atoms with Crippen LogP contribution < -0.4 is 10.1 Å². The Hall–Kier alpha value is -3.15. The Morgan fingerprint density at radius 3 is 2.68 bits per heavy atom. The second kappa shape index (κ2) is 7.61. The zero-order valence-electron chi connectivity index (χ0n) is 14.2. The molecule has 6 heteroatoms. The van der Waals surface area contributed by atoms with E-state index in [1.165, 1.54) is 0 Å². The summed E-state index contributed by atoms with van der Waals surface area (Å²) in [6.45, 7) is 3.72. The van der Waals surface area contributed by atoms with Crippen LogP contribution in [0, 0.1) is 13.8 Å². The largest absolute Gasteiger partial charge is 0.437 e. The number of aromatic nitrogens is 2. The van der Waals surface area contributed by atoms with Crippen molar-refractivity contribution in [2.75, 3.05) is 5.32 Å². The van der Waals surface area contributed by atoms with Gasteiger partial charge >= 0.3 is 0 Å². The summed E-state index contributed by atoms with van der Waals surface area (Å²) in [6, 6.07) is 12.8. The first-order chi connectivity index (χ1) is 12.1. The third kappa shape index (κ3) is 4.23. The lowest BCUT2D eigenvalue weighted by Gasteiger charge is -2.11. The van der Waals surface area contributed by atoms with Gasteiger partial charge in [0.05, 0.1) is 5.69 Å². The highest BCUT2D eigenvalue weighted by Crippen LogP contribution is 2.26. The van der Waals surface area contributed by atoms with E-state index in [9.17, 15) is 4.79 Å². The van der Waals surface area contributed by atoms with Gasteiger partial charge in [0.15, 0.2) is 0 Å². The van der Waals surface area contributed by atoms with Gasteiger partial charge in [-0.3, -0.25) is 4.79 Å². The normalized spacial score (nSPS) is 10.5. The molecule has 0 bridgehead atoms. The zero-order chi connectivity index (χ0) is 17.6. The number of aryl methyl sites for hydroxylation is 2. The predicted octanol–water partition coefficient (Wildman–Crippen LogP) is 4.05. The van der Waals surface area contributed by atoms with Gasteiger partial charge in [-0.25, -0.2) is 4.98 Å². The number of rotatable bonds is 6. The number of hydrogen-bond acceptors (Lipinski definition) is 5. The molecule has 0 saturated heterocycles. The number of carbonyl (C=O) groups excluding carboxylic acids is 1. The van der Waals surface area contributed by atoms with E-state index in [2.05, 4.69) is 15.5 Å². The Balaban J connectivity index is 1.65. The van der Waals surface area contributed by atoms with Crippen LogP contribution in [0.15, 0.2) is 53.2 Å². The van der Waals surface area contributed by atoms with Crippen molar-refractivity contribution in [3.63, 3.8) is 0 Å². The summed E-state index contributed by atoms with van der Waals surface area (Å²) in [5.41, 5.74) is 2.33. The number of amides is 1. The Morgan fingerprint density at radius 1 is 1.16 bits per heavy atom. The Bertz CT molecular complexity index is 840. The highest BCUT2D eigenvalue weighted by Gasteiger charge is 2.13. The summed E-state index contributed by atoms with van der Waals surface area (Å²) in [7, 11) is 0. The molecule has 0 radical (unpaired) electrons. The van der Waals surface area contributed by atoms with E-state index in [1.807, 2.05) is 44.2 Å². The quantitative estimate of drug-likeness (QED) is 0.734. The smallest absolute Gasteiger partial charge is 0.243 e. The van der Waals surface area contributed by atoms with Gasteiger partial charge in [0, 0.05) is 18.2 Å². The van der Waals surface area contributed by atoms with E-state index in [4.69, 9.17) is 9.26 Å². The minimum absolute atomic E-state index is 0.120. The van der Waals surface area contributed by atoms with Crippen LogP contribution in [-0.4, -0.2) is 16.0 Å². The molecule has 0 atom stereocenters. The first-order valence-corrected chi connectivity index (χ1v) is 8.03. The molecule has 1 aromatic carbocycles. The first-order valence-electron chi connectivity index (χ1n) is 8.03. The molecule has 25 heavy (non-hydrogen) atoms. The van der Waals surface area contributed by atoms with Crippen LogP contribution in [-0.2, 0) is 11.2 Å². The lowest BCUT2D eigenvalue weighted by molar-refractivity contribution is -0.116. The molecular weight excluding hydrogens is 318 g/mol. The molecule has 1 amide bonds. The van der Waals surface area contributed by atoms with Gasteiger partial charge in [0.25, 0.3) is 0 Å². The number of pyridine rings is 1. The van der Waals surface area contributed by atoms with Crippen LogP contribution in [0.5, 0.6) is 11.6 Å². The van der Waals surface area contributed by atoms with Gasteiger partial charge in [-0.2, -0.15) is 0 Å². The summed E-state index contributed by atoms with van der Waals surface area (Å²) in [5, 5.41) is 6.76. The highest BCUT2D eigenvalue weighted by atomic mass is 16.5. The van der Waals surface area contributed by atoms with Gasteiger partial charge in [0.2, 0.25) is 11.8 Å². The number of ether oxygens (including phenoxy) is 1. The maximum absolute atomic E-state index is 12.3. The molecule has 0 unspecified atom stereocenters. The zero-order valence-corrected chi connectivity index (χ0v) is 14.2. The number of benzene rings is 1.